The van der Waals surface area contributed by atoms with Gasteiger partial charge in [-0.3, -0.25) is 0 Å². The van der Waals surface area contributed by atoms with E-state index in [1.165, 1.54) is 32.1 Å². The summed E-state index contributed by atoms with van der Waals surface area (Å²) in [7, 11) is 0. The van der Waals surface area contributed by atoms with E-state index in [4.69, 9.17) is 11.6 Å². The first-order chi connectivity index (χ1) is 9.15. The summed E-state index contributed by atoms with van der Waals surface area (Å²) in [5.74, 6) is 0. The van der Waals surface area contributed by atoms with Crippen LogP contribution in [-0.2, 0) is 0 Å². The zero-order valence-electron chi connectivity index (χ0n) is 11.7. The van der Waals surface area contributed by atoms with E-state index in [2.05, 4.69) is 12.2 Å². The molecular formula is C16H24ClNO. The van der Waals surface area contributed by atoms with Crippen LogP contribution in [0.5, 0.6) is 0 Å². The molecule has 0 radical (unpaired) electrons. The first-order valence-corrected chi connectivity index (χ1v) is 7.67. The van der Waals surface area contributed by atoms with Crippen molar-refractivity contribution < 1.29 is 5.11 Å². The molecule has 3 heteroatoms. The van der Waals surface area contributed by atoms with Gasteiger partial charge in [0, 0.05) is 18.1 Å². The molecule has 19 heavy (non-hydrogen) atoms. The quantitative estimate of drug-likeness (QED) is 0.828. The Balaban J connectivity index is 1.80. The molecule has 1 aromatic rings. The summed E-state index contributed by atoms with van der Waals surface area (Å²) >= 11 is 5.85. The topological polar surface area (TPSA) is 32.3 Å². The summed E-state index contributed by atoms with van der Waals surface area (Å²) in [5, 5.41) is 14.3. The normalized spacial score (nSPS) is 19.5. The maximum absolute atomic E-state index is 10.1. The first-order valence-electron chi connectivity index (χ1n) is 7.29. The standard InChI is InChI=1S/C16H24ClNO/c1-2-16(9-3-4-10-16)12-18-11-15(19)13-5-7-14(17)8-6-13/h5-8,15,18-19H,2-4,9-12H2,1H3. The number of nitrogens with one attached hydrogen (secondary N) is 1. The summed E-state index contributed by atoms with van der Waals surface area (Å²) in [6, 6.07) is 7.43. The van der Waals surface area contributed by atoms with E-state index in [1.54, 1.807) is 0 Å². The molecule has 1 unspecified atom stereocenters. The summed E-state index contributed by atoms with van der Waals surface area (Å²) in [6.07, 6.45) is 6.15. The average Bonchev–Trinajstić information content (AvgIpc) is 2.89. The molecule has 1 fully saturated rings. The molecule has 0 aromatic heterocycles. The van der Waals surface area contributed by atoms with Crippen LogP contribution in [0.25, 0.3) is 0 Å². The summed E-state index contributed by atoms with van der Waals surface area (Å²) in [4.78, 5) is 0. The molecule has 1 aliphatic carbocycles. The van der Waals surface area contributed by atoms with E-state index in [0.29, 0.717) is 17.0 Å². The van der Waals surface area contributed by atoms with Gasteiger partial charge in [-0.15, -0.1) is 0 Å². The van der Waals surface area contributed by atoms with Crippen LogP contribution in [0.2, 0.25) is 5.02 Å². The van der Waals surface area contributed by atoms with E-state index in [0.717, 1.165) is 12.1 Å². The van der Waals surface area contributed by atoms with Gasteiger partial charge in [-0.25, -0.2) is 0 Å². The monoisotopic (exact) mass is 281 g/mol. The molecule has 2 rings (SSSR count). The average molecular weight is 282 g/mol. The van der Waals surface area contributed by atoms with Gasteiger partial charge in [0.25, 0.3) is 0 Å². The Labute approximate surface area is 121 Å². The molecule has 0 saturated heterocycles. The van der Waals surface area contributed by atoms with E-state index >= 15 is 0 Å². The smallest absolute Gasteiger partial charge is 0.0914 e. The van der Waals surface area contributed by atoms with Crippen LogP contribution >= 0.6 is 11.6 Å². The Kier molecular flexibility index (Phi) is 5.26. The van der Waals surface area contributed by atoms with Gasteiger partial charge in [-0.05, 0) is 42.4 Å². The van der Waals surface area contributed by atoms with Crippen molar-refractivity contribution >= 4 is 11.6 Å². The highest BCUT2D eigenvalue weighted by molar-refractivity contribution is 6.30. The fourth-order valence-electron chi connectivity index (χ4n) is 3.06. The first kappa shape index (κ1) is 14.8. The highest BCUT2D eigenvalue weighted by atomic mass is 35.5. The number of aliphatic hydroxyl groups excluding tert-OH is 1. The second-order valence-corrected chi connectivity index (χ2v) is 6.20. The zero-order valence-corrected chi connectivity index (χ0v) is 12.4. The van der Waals surface area contributed by atoms with Crippen LogP contribution in [0, 0.1) is 5.41 Å². The van der Waals surface area contributed by atoms with Crippen LogP contribution in [0.4, 0.5) is 0 Å². The van der Waals surface area contributed by atoms with Crippen molar-refractivity contribution in [3.63, 3.8) is 0 Å². The largest absolute Gasteiger partial charge is 0.387 e. The molecule has 0 spiro atoms. The van der Waals surface area contributed by atoms with E-state index in [1.807, 2.05) is 24.3 Å². The number of hydrogen-bond acceptors (Lipinski definition) is 2. The molecule has 1 atom stereocenters. The fraction of sp³-hybridized carbons (Fsp3) is 0.625. The second kappa shape index (κ2) is 6.74. The number of halogens is 1. The Morgan fingerprint density at radius 1 is 1.26 bits per heavy atom. The second-order valence-electron chi connectivity index (χ2n) is 5.76. The van der Waals surface area contributed by atoms with Crippen LogP contribution in [0.3, 0.4) is 0 Å². The number of rotatable bonds is 6. The van der Waals surface area contributed by atoms with E-state index < -0.39 is 6.10 Å². The maximum atomic E-state index is 10.1. The Morgan fingerprint density at radius 3 is 2.47 bits per heavy atom. The third kappa shape index (κ3) is 3.95. The number of benzene rings is 1. The minimum Gasteiger partial charge on any atom is -0.387 e. The van der Waals surface area contributed by atoms with Gasteiger partial charge in [0.05, 0.1) is 6.10 Å². The lowest BCUT2D eigenvalue weighted by molar-refractivity contribution is 0.163. The molecule has 1 aliphatic rings. The number of hydrogen-bond donors (Lipinski definition) is 2. The van der Waals surface area contributed by atoms with Crippen LogP contribution in [0.15, 0.2) is 24.3 Å². The lowest BCUT2D eigenvalue weighted by atomic mass is 9.83. The predicted molar refractivity (Wildman–Crippen MR) is 80.5 cm³/mol. The molecule has 106 valence electrons. The zero-order chi connectivity index (χ0) is 13.7. The molecule has 2 N–H and O–H groups in total. The summed E-state index contributed by atoms with van der Waals surface area (Å²) < 4.78 is 0. The highest BCUT2D eigenvalue weighted by Crippen LogP contribution is 2.40. The van der Waals surface area contributed by atoms with Crippen molar-refractivity contribution in [1.82, 2.24) is 5.32 Å². The minimum absolute atomic E-state index is 0.451. The van der Waals surface area contributed by atoms with Gasteiger partial charge in [-0.2, -0.15) is 0 Å². The van der Waals surface area contributed by atoms with Crippen molar-refractivity contribution in [3.05, 3.63) is 34.9 Å². The van der Waals surface area contributed by atoms with Gasteiger partial charge >= 0.3 is 0 Å². The van der Waals surface area contributed by atoms with Crippen molar-refractivity contribution in [1.29, 1.82) is 0 Å². The summed E-state index contributed by atoms with van der Waals surface area (Å²) in [6.45, 7) is 3.92. The Morgan fingerprint density at radius 2 is 1.89 bits per heavy atom. The molecule has 1 aromatic carbocycles. The molecule has 1 saturated carbocycles. The van der Waals surface area contributed by atoms with Gasteiger partial charge in [0.1, 0.15) is 0 Å². The third-order valence-electron chi connectivity index (χ3n) is 4.51. The lowest BCUT2D eigenvalue weighted by Crippen LogP contribution is -2.34. The molecule has 0 amide bonds. The molecule has 2 nitrogen and oxygen atoms in total. The van der Waals surface area contributed by atoms with Crippen LogP contribution < -0.4 is 5.32 Å². The molecular weight excluding hydrogens is 258 g/mol. The van der Waals surface area contributed by atoms with E-state index in [-0.39, 0.29) is 0 Å². The van der Waals surface area contributed by atoms with E-state index in [9.17, 15) is 5.11 Å². The van der Waals surface area contributed by atoms with Gasteiger partial charge in [0.15, 0.2) is 0 Å². The van der Waals surface area contributed by atoms with Crippen molar-refractivity contribution in [2.24, 2.45) is 5.41 Å². The van der Waals surface area contributed by atoms with Crippen molar-refractivity contribution in [2.75, 3.05) is 13.1 Å². The minimum atomic E-state index is -0.451. The Hall–Kier alpha value is -0.570. The molecule has 0 bridgehead atoms. The van der Waals surface area contributed by atoms with Crippen molar-refractivity contribution in [2.45, 2.75) is 45.1 Å². The number of aliphatic hydroxyl groups is 1. The highest BCUT2D eigenvalue weighted by Gasteiger charge is 2.31. The fourth-order valence-corrected chi connectivity index (χ4v) is 3.18. The molecule has 0 heterocycles. The maximum Gasteiger partial charge on any atom is 0.0914 e. The van der Waals surface area contributed by atoms with Gasteiger partial charge in [0.2, 0.25) is 0 Å². The molecule has 0 aliphatic heterocycles. The third-order valence-corrected chi connectivity index (χ3v) is 4.76. The predicted octanol–water partition coefficient (Wildman–Crippen LogP) is 3.93. The van der Waals surface area contributed by atoms with Crippen LogP contribution in [0.1, 0.15) is 50.7 Å². The van der Waals surface area contributed by atoms with Crippen molar-refractivity contribution in [3.8, 4) is 0 Å². The lowest BCUT2D eigenvalue weighted by Gasteiger charge is -2.28. The van der Waals surface area contributed by atoms with Crippen LogP contribution in [-0.4, -0.2) is 18.2 Å². The van der Waals surface area contributed by atoms with Gasteiger partial charge < -0.3 is 10.4 Å². The Bertz CT molecular complexity index is 384. The SMILES string of the molecule is CCC1(CNCC(O)c2ccc(Cl)cc2)CCCC1. The van der Waals surface area contributed by atoms with Gasteiger partial charge in [-0.1, -0.05) is 43.5 Å². The summed E-state index contributed by atoms with van der Waals surface area (Å²) in [5.41, 5.74) is 1.40.